The zero-order valence-corrected chi connectivity index (χ0v) is 18.1. The van der Waals surface area contributed by atoms with Gasteiger partial charge in [0.15, 0.2) is 0 Å². The van der Waals surface area contributed by atoms with E-state index in [-0.39, 0.29) is 11.9 Å². The van der Waals surface area contributed by atoms with Crippen LogP contribution in [0.2, 0.25) is 5.02 Å². The number of esters is 1. The van der Waals surface area contributed by atoms with E-state index in [9.17, 15) is 9.59 Å². The number of rotatable bonds is 5. The van der Waals surface area contributed by atoms with Crippen molar-refractivity contribution in [1.29, 1.82) is 0 Å². The number of piperidine rings is 1. The number of fused-ring (bicyclic) bond motifs is 1. The number of nitrogens with zero attached hydrogens (tertiary/aromatic N) is 3. The average molecular weight is 438 g/mol. The lowest BCUT2D eigenvalue weighted by atomic mass is 9.75. The van der Waals surface area contributed by atoms with Crippen molar-refractivity contribution in [3.8, 4) is 0 Å². The van der Waals surface area contributed by atoms with Gasteiger partial charge in [-0.3, -0.25) is 19.6 Å². The summed E-state index contributed by atoms with van der Waals surface area (Å²) in [5, 5.41) is 0.623. The van der Waals surface area contributed by atoms with Crippen molar-refractivity contribution in [3.63, 3.8) is 0 Å². The predicted octanol–water partition coefficient (Wildman–Crippen LogP) is 4.31. The van der Waals surface area contributed by atoms with Crippen LogP contribution >= 0.6 is 11.6 Å². The summed E-state index contributed by atoms with van der Waals surface area (Å²) in [7, 11) is 0. The first-order valence-corrected chi connectivity index (χ1v) is 10.8. The highest BCUT2D eigenvalue weighted by Gasteiger charge is 2.45. The van der Waals surface area contributed by atoms with Gasteiger partial charge in [-0.2, -0.15) is 0 Å². The Balaban J connectivity index is 1.62. The lowest BCUT2D eigenvalue weighted by Gasteiger charge is -2.41. The van der Waals surface area contributed by atoms with Crippen LogP contribution in [-0.2, 0) is 16.0 Å². The highest BCUT2D eigenvalue weighted by atomic mass is 35.5. The zero-order valence-electron chi connectivity index (χ0n) is 17.4. The van der Waals surface area contributed by atoms with Crippen LogP contribution in [0.15, 0.2) is 54.9 Å². The third-order valence-corrected chi connectivity index (χ3v) is 5.96. The maximum atomic E-state index is 13.3. The summed E-state index contributed by atoms with van der Waals surface area (Å²) in [6, 6.07) is 12.8. The molecule has 0 saturated carbocycles. The van der Waals surface area contributed by atoms with Crippen molar-refractivity contribution >= 4 is 34.5 Å². The van der Waals surface area contributed by atoms with Crippen LogP contribution in [0, 0.1) is 5.41 Å². The summed E-state index contributed by atoms with van der Waals surface area (Å²) in [6.45, 7) is 2.99. The maximum absolute atomic E-state index is 13.3. The molecule has 6 nitrogen and oxygen atoms in total. The van der Waals surface area contributed by atoms with Gasteiger partial charge in [0.1, 0.15) is 0 Å². The van der Waals surface area contributed by atoms with Crippen molar-refractivity contribution in [1.82, 2.24) is 14.9 Å². The first kappa shape index (κ1) is 21.2. The first-order valence-electron chi connectivity index (χ1n) is 10.4. The van der Waals surface area contributed by atoms with Gasteiger partial charge in [0.05, 0.1) is 23.1 Å². The number of carbonyl (C=O) groups is 2. The largest absolute Gasteiger partial charge is 0.466 e. The van der Waals surface area contributed by atoms with E-state index < -0.39 is 5.41 Å². The lowest BCUT2D eigenvalue weighted by Crippen LogP contribution is -2.51. The zero-order chi connectivity index (χ0) is 21.8. The van der Waals surface area contributed by atoms with Crippen molar-refractivity contribution in [2.45, 2.75) is 26.2 Å². The van der Waals surface area contributed by atoms with Crippen LogP contribution in [0.4, 0.5) is 0 Å². The number of amides is 1. The highest BCUT2D eigenvalue weighted by Crippen LogP contribution is 2.36. The van der Waals surface area contributed by atoms with Crippen LogP contribution in [0.3, 0.4) is 0 Å². The molecule has 0 N–H and O–H groups in total. The van der Waals surface area contributed by atoms with Crippen LogP contribution in [0.25, 0.3) is 11.0 Å². The molecule has 31 heavy (non-hydrogen) atoms. The van der Waals surface area contributed by atoms with Gasteiger partial charge in [0, 0.05) is 36.1 Å². The summed E-state index contributed by atoms with van der Waals surface area (Å²) in [6.07, 6.45) is 5.08. The Morgan fingerprint density at radius 1 is 1.13 bits per heavy atom. The molecule has 2 aromatic carbocycles. The van der Waals surface area contributed by atoms with E-state index in [1.807, 2.05) is 18.2 Å². The Morgan fingerprint density at radius 3 is 2.71 bits per heavy atom. The molecule has 4 rings (SSSR count). The minimum absolute atomic E-state index is 0.118. The van der Waals surface area contributed by atoms with Gasteiger partial charge in [-0.25, -0.2) is 0 Å². The summed E-state index contributed by atoms with van der Waals surface area (Å²) in [5.74, 6) is -0.385. The number of hydrogen-bond donors (Lipinski definition) is 0. The molecule has 1 saturated heterocycles. The second-order valence-electron chi connectivity index (χ2n) is 7.90. The van der Waals surface area contributed by atoms with Crippen LogP contribution in [0.1, 0.15) is 35.7 Å². The van der Waals surface area contributed by atoms with Gasteiger partial charge in [0.25, 0.3) is 5.91 Å². The third kappa shape index (κ3) is 4.54. The highest BCUT2D eigenvalue weighted by molar-refractivity contribution is 6.30. The third-order valence-electron chi connectivity index (χ3n) is 5.72. The number of ether oxygens (including phenoxy) is 1. The molecule has 0 radical (unpaired) electrons. The second kappa shape index (κ2) is 9.02. The summed E-state index contributed by atoms with van der Waals surface area (Å²) < 4.78 is 5.45. The maximum Gasteiger partial charge on any atom is 0.314 e. The SMILES string of the molecule is CCOC(=O)[C@]1(Cc2cccc(Cl)c2)CCCN(C(=O)c2ccc3nccnc3c2)C1. The normalized spacial score (nSPS) is 18.7. The molecule has 1 fully saturated rings. The van der Waals surface area contributed by atoms with Crippen molar-refractivity contribution in [2.24, 2.45) is 5.41 Å². The van der Waals surface area contributed by atoms with Crippen LogP contribution in [0.5, 0.6) is 0 Å². The molecular formula is C24H24ClN3O3. The fourth-order valence-electron chi connectivity index (χ4n) is 4.29. The number of carbonyl (C=O) groups excluding carboxylic acids is 2. The Morgan fingerprint density at radius 2 is 1.94 bits per heavy atom. The quantitative estimate of drug-likeness (QED) is 0.556. The monoisotopic (exact) mass is 437 g/mol. The minimum atomic E-state index is -0.800. The number of halogens is 1. The van der Waals surface area contributed by atoms with Crippen molar-refractivity contribution < 1.29 is 14.3 Å². The van der Waals surface area contributed by atoms with E-state index in [1.54, 1.807) is 48.5 Å². The number of likely N-dealkylation sites (tertiary alicyclic amines) is 1. The second-order valence-corrected chi connectivity index (χ2v) is 8.33. The lowest BCUT2D eigenvalue weighted by molar-refractivity contribution is -0.158. The molecule has 1 aromatic heterocycles. The average Bonchev–Trinajstić information content (AvgIpc) is 2.78. The molecule has 2 heterocycles. The Bertz CT molecular complexity index is 1120. The molecule has 160 valence electrons. The summed E-state index contributed by atoms with van der Waals surface area (Å²) in [5.41, 5.74) is 2.09. The van der Waals surface area contributed by atoms with Crippen LogP contribution < -0.4 is 0 Å². The minimum Gasteiger partial charge on any atom is -0.466 e. The molecule has 1 aliphatic heterocycles. The van der Waals surface area contributed by atoms with Gasteiger partial charge in [-0.15, -0.1) is 0 Å². The van der Waals surface area contributed by atoms with E-state index in [2.05, 4.69) is 9.97 Å². The van der Waals surface area contributed by atoms with Gasteiger partial charge >= 0.3 is 5.97 Å². The molecule has 1 atom stereocenters. The van der Waals surface area contributed by atoms with Crippen LogP contribution in [-0.4, -0.2) is 46.4 Å². The predicted molar refractivity (Wildman–Crippen MR) is 119 cm³/mol. The number of aromatic nitrogens is 2. The molecule has 1 amide bonds. The number of benzene rings is 2. The van der Waals surface area contributed by atoms with Crippen molar-refractivity contribution in [2.75, 3.05) is 19.7 Å². The Labute approximate surface area is 186 Å². The molecule has 1 aliphatic rings. The van der Waals surface area contributed by atoms with E-state index in [0.717, 1.165) is 17.5 Å². The topological polar surface area (TPSA) is 72.4 Å². The van der Waals surface area contributed by atoms with E-state index >= 15 is 0 Å². The Kier molecular flexibility index (Phi) is 6.18. The van der Waals surface area contributed by atoms with Gasteiger partial charge in [-0.1, -0.05) is 23.7 Å². The molecule has 7 heteroatoms. The molecule has 0 bridgehead atoms. The fourth-order valence-corrected chi connectivity index (χ4v) is 4.50. The Hall–Kier alpha value is -2.99. The fraction of sp³-hybridized carbons (Fsp3) is 0.333. The number of hydrogen-bond acceptors (Lipinski definition) is 5. The standard InChI is InChI=1S/C24H24ClN3O3/c1-2-31-23(30)24(15-17-5-3-6-19(25)13-17)9-4-12-28(16-24)22(29)18-7-8-20-21(14-18)27-11-10-26-20/h3,5-8,10-11,13-14H,2,4,9,12,15-16H2,1H3/t24-/m0/s1. The summed E-state index contributed by atoms with van der Waals surface area (Å²) >= 11 is 6.16. The van der Waals surface area contributed by atoms with Gasteiger partial charge in [-0.05, 0) is 62.1 Å². The molecule has 0 unspecified atom stereocenters. The van der Waals surface area contributed by atoms with Crippen molar-refractivity contribution in [3.05, 3.63) is 71.0 Å². The first-order chi connectivity index (χ1) is 15.0. The molecule has 0 aliphatic carbocycles. The van der Waals surface area contributed by atoms with Gasteiger partial charge < -0.3 is 9.64 Å². The molecular weight excluding hydrogens is 414 g/mol. The molecule has 0 spiro atoms. The van der Waals surface area contributed by atoms with E-state index in [1.165, 1.54) is 0 Å². The smallest absolute Gasteiger partial charge is 0.314 e. The molecule has 3 aromatic rings. The summed E-state index contributed by atoms with van der Waals surface area (Å²) in [4.78, 5) is 36.7. The van der Waals surface area contributed by atoms with E-state index in [4.69, 9.17) is 16.3 Å². The van der Waals surface area contributed by atoms with Gasteiger partial charge in [0.2, 0.25) is 0 Å². The van der Waals surface area contributed by atoms with E-state index in [0.29, 0.717) is 48.6 Å².